The number of carboxylic acids is 1. The standard InChI is InChI=1S/C21H19NO9/c1-6-9-5-8-11(20(29)30)7-3-2-4-10(23)12(7)16(25)13(8)17(26)21(9,31)18(27)14(15(6)24)19(22)28/h2-4,6,8-9,11,23-24,26,31H,5H2,1H3,(H2,22,28)(H,29,30)/t6-,8+,9-,11+,21-/m0/s1. The van der Waals surface area contributed by atoms with Crippen molar-refractivity contribution >= 4 is 23.4 Å². The van der Waals surface area contributed by atoms with E-state index in [1.54, 1.807) is 0 Å². The monoisotopic (exact) mass is 429 g/mol. The Balaban J connectivity index is 2.03. The van der Waals surface area contributed by atoms with Gasteiger partial charge in [-0.3, -0.25) is 19.2 Å². The predicted molar refractivity (Wildman–Crippen MR) is 102 cm³/mol. The van der Waals surface area contributed by atoms with Gasteiger partial charge in [-0.1, -0.05) is 19.1 Å². The number of hydrogen-bond donors (Lipinski definition) is 6. The molecule has 1 aromatic rings. The fraction of sp³-hybridized carbons (Fsp3) is 0.333. The molecule has 0 radical (unpaired) electrons. The molecular weight excluding hydrogens is 410 g/mol. The highest BCUT2D eigenvalue weighted by Crippen LogP contribution is 2.56. The smallest absolute Gasteiger partial charge is 0.311 e. The summed E-state index contributed by atoms with van der Waals surface area (Å²) in [6.45, 7) is 1.39. The lowest BCUT2D eigenvalue weighted by Gasteiger charge is -2.49. The van der Waals surface area contributed by atoms with Crippen LogP contribution in [0.3, 0.4) is 0 Å². The predicted octanol–water partition coefficient (Wildman–Crippen LogP) is 0.452. The first-order valence-electron chi connectivity index (χ1n) is 9.47. The van der Waals surface area contributed by atoms with Gasteiger partial charge < -0.3 is 31.3 Å². The van der Waals surface area contributed by atoms with Crippen LogP contribution in [-0.2, 0) is 14.4 Å². The van der Waals surface area contributed by atoms with Crippen LogP contribution in [0.5, 0.6) is 5.75 Å². The minimum Gasteiger partial charge on any atom is -0.511 e. The maximum Gasteiger partial charge on any atom is 0.311 e. The number of benzene rings is 1. The largest absolute Gasteiger partial charge is 0.511 e. The molecule has 3 aliphatic carbocycles. The number of amides is 1. The van der Waals surface area contributed by atoms with Gasteiger partial charge in [0, 0.05) is 23.3 Å². The van der Waals surface area contributed by atoms with Gasteiger partial charge in [-0.25, -0.2) is 0 Å². The van der Waals surface area contributed by atoms with Crippen molar-refractivity contribution in [1.82, 2.24) is 0 Å². The molecule has 0 bridgehead atoms. The lowest BCUT2D eigenvalue weighted by Crippen LogP contribution is -2.60. The summed E-state index contributed by atoms with van der Waals surface area (Å²) < 4.78 is 0. The van der Waals surface area contributed by atoms with Crippen molar-refractivity contribution < 1.29 is 44.7 Å². The zero-order valence-corrected chi connectivity index (χ0v) is 16.2. The molecule has 5 atom stereocenters. The second kappa shape index (κ2) is 6.42. The Labute approximate surface area is 174 Å². The molecule has 4 rings (SSSR count). The maximum atomic E-state index is 13.2. The summed E-state index contributed by atoms with van der Waals surface area (Å²) in [6, 6.07) is 3.93. The topological polar surface area (TPSA) is 195 Å². The Bertz CT molecular complexity index is 1150. The van der Waals surface area contributed by atoms with Gasteiger partial charge in [0.1, 0.15) is 22.8 Å². The van der Waals surface area contributed by atoms with Crippen LogP contribution < -0.4 is 5.73 Å². The summed E-state index contributed by atoms with van der Waals surface area (Å²) in [6.07, 6.45) is -0.267. The molecule has 31 heavy (non-hydrogen) atoms. The van der Waals surface area contributed by atoms with Crippen molar-refractivity contribution in [3.05, 3.63) is 52.0 Å². The molecule has 0 saturated carbocycles. The highest BCUT2D eigenvalue weighted by atomic mass is 16.4. The third kappa shape index (κ3) is 2.42. The SMILES string of the molecule is C[C@@H]1C(O)=C(C(N)=O)C(=O)[C@@]2(O)C(O)=C3C(=O)c4c(O)cccc4[C@@H](C(=O)O)[C@H]3C[C@@H]12. The van der Waals surface area contributed by atoms with Crippen LogP contribution in [0, 0.1) is 17.8 Å². The summed E-state index contributed by atoms with van der Waals surface area (Å²) in [5, 5.41) is 52.7. The molecule has 0 spiro atoms. The first-order valence-corrected chi connectivity index (χ1v) is 9.47. The lowest BCUT2D eigenvalue weighted by atomic mass is 9.55. The summed E-state index contributed by atoms with van der Waals surface area (Å²) in [7, 11) is 0. The van der Waals surface area contributed by atoms with Crippen molar-refractivity contribution in [1.29, 1.82) is 0 Å². The quantitative estimate of drug-likeness (QED) is 0.362. The minimum absolute atomic E-state index is 0.0388. The van der Waals surface area contributed by atoms with Crippen LogP contribution in [0.4, 0.5) is 0 Å². The average molecular weight is 429 g/mol. The molecule has 0 aromatic heterocycles. The van der Waals surface area contributed by atoms with E-state index < -0.39 is 81.1 Å². The highest BCUT2D eigenvalue weighted by Gasteiger charge is 2.63. The zero-order chi connectivity index (χ0) is 23.0. The van der Waals surface area contributed by atoms with Gasteiger partial charge in [0.2, 0.25) is 5.78 Å². The third-order valence-corrected chi connectivity index (χ3v) is 6.69. The summed E-state index contributed by atoms with van der Waals surface area (Å²) in [4.78, 5) is 50.0. The molecular formula is C21H19NO9. The number of carbonyl (C=O) groups excluding carboxylic acids is 3. The van der Waals surface area contributed by atoms with Gasteiger partial charge in [0.15, 0.2) is 11.4 Å². The van der Waals surface area contributed by atoms with Crippen LogP contribution in [-0.4, -0.2) is 54.6 Å². The number of carboxylic acid groups (broad SMARTS) is 1. The molecule has 1 amide bonds. The van der Waals surface area contributed by atoms with Crippen molar-refractivity contribution in [2.75, 3.05) is 0 Å². The number of primary amides is 1. The van der Waals surface area contributed by atoms with Gasteiger partial charge in [-0.15, -0.1) is 0 Å². The molecule has 0 fully saturated rings. The van der Waals surface area contributed by atoms with Gasteiger partial charge >= 0.3 is 5.97 Å². The molecule has 0 heterocycles. The van der Waals surface area contributed by atoms with Gasteiger partial charge in [0.25, 0.3) is 5.91 Å². The van der Waals surface area contributed by atoms with E-state index in [2.05, 4.69) is 0 Å². The number of aromatic hydroxyl groups is 1. The molecule has 10 nitrogen and oxygen atoms in total. The highest BCUT2D eigenvalue weighted by molar-refractivity contribution is 6.24. The number of Topliss-reactive ketones (excluding diaryl/α,β-unsaturated/α-hetero) is 2. The fourth-order valence-corrected chi connectivity index (χ4v) is 5.22. The Morgan fingerprint density at radius 3 is 2.39 bits per heavy atom. The molecule has 7 N–H and O–H groups in total. The number of aliphatic hydroxyl groups is 3. The molecule has 0 unspecified atom stereocenters. The Hall–Kier alpha value is -3.66. The number of hydrogen-bond acceptors (Lipinski definition) is 8. The molecule has 10 heteroatoms. The van der Waals surface area contributed by atoms with Crippen LogP contribution in [0.1, 0.15) is 35.2 Å². The number of nitrogens with two attached hydrogens (primary N) is 1. The van der Waals surface area contributed by atoms with E-state index in [1.807, 2.05) is 0 Å². The van der Waals surface area contributed by atoms with Crippen LogP contribution >= 0.6 is 0 Å². The third-order valence-electron chi connectivity index (χ3n) is 6.69. The van der Waals surface area contributed by atoms with Crippen molar-refractivity contribution in [3.8, 4) is 5.75 Å². The van der Waals surface area contributed by atoms with E-state index in [1.165, 1.54) is 25.1 Å². The van der Waals surface area contributed by atoms with E-state index >= 15 is 0 Å². The number of ketones is 2. The Kier molecular flexibility index (Phi) is 4.27. The lowest BCUT2D eigenvalue weighted by molar-refractivity contribution is -0.148. The number of fused-ring (bicyclic) bond motifs is 3. The second-order valence-electron chi connectivity index (χ2n) is 8.11. The average Bonchev–Trinajstić information content (AvgIpc) is 2.68. The molecule has 162 valence electrons. The van der Waals surface area contributed by atoms with Gasteiger partial charge in [-0.05, 0) is 18.1 Å². The zero-order valence-electron chi connectivity index (χ0n) is 16.2. The van der Waals surface area contributed by atoms with E-state index in [0.29, 0.717) is 0 Å². The normalized spacial score (nSPS) is 32.3. The van der Waals surface area contributed by atoms with E-state index in [4.69, 9.17) is 5.73 Å². The number of phenols is 1. The van der Waals surface area contributed by atoms with E-state index in [9.17, 15) is 44.7 Å². The first-order chi connectivity index (χ1) is 14.4. The number of aliphatic hydroxyl groups excluding tert-OH is 2. The first kappa shape index (κ1) is 20.6. The van der Waals surface area contributed by atoms with Crippen molar-refractivity contribution in [3.63, 3.8) is 0 Å². The molecule has 0 saturated heterocycles. The van der Waals surface area contributed by atoms with Crippen LogP contribution in [0.15, 0.2) is 40.9 Å². The molecule has 1 aromatic carbocycles. The summed E-state index contributed by atoms with van der Waals surface area (Å²) in [5.41, 5.74) is 0.693. The number of allylic oxidation sites excluding steroid dienone is 2. The Morgan fingerprint density at radius 1 is 1.16 bits per heavy atom. The number of phenolic OH excluding ortho intramolecular Hbond substituents is 1. The van der Waals surface area contributed by atoms with Crippen molar-refractivity contribution in [2.45, 2.75) is 24.9 Å². The van der Waals surface area contributed by atoms with Crippen molar-refractivity contribution in [2.24, 2.45) is 23.5 Å². The second-order valence-corrected chi connectivity index (χ2v) is 8.11. The van der Waals surface area contributed by atoms with Crippen LogP contribution in [0.25, 0.3) is 0 Å². The number of rotatable bonds is 2. The van der Waals surface area contributed by atoms with Crippen LogP contribution in [0.2, 0.25) is 0 Å². The van der Waals surface area contributed by atoms with E-state index in [0.717, 1.165) is 0 Å². The molecule has 0 aliphatic heterocycles. The number of aliphatic carboxylic acids is 1. The van der Waals surface area contributed by atoms with E-state index in [-0.39, 0.29) is 17.5 Å². The summed E-state index contributed by atoms with van der Waals surface area (Å²) in [5.74, 6) is -12.0. The number of carbonyl (C=O) groups is 4. The van der Waals surface area contributed by atoms with Gasteiger partial charge in [-0.2, -0.15) is 0 Å². The Morgan fingerprint density at radius 2 is 1.81 bits per heavy atom. The molecule has 3 aliphatic rings. The summed E-state index contributed by atoms with van der Waals surface area (Å²) >= 11 is 0. The fourth-order valence-electron chi connectivity index (χ4n) is 5.22. The minimum atomic E-state index is -2.76. The maximum absolute atomic E-state index is 13.2. The van der Waals surface area contributed by atoms with Gasteiger partial charge in [0.05, 0.1) is 11.5 Å².